The highest BCUT2D eigenvalue weighted by atomic mass is 79.9. The minimum atomic E-state index is -0.624. The smallest absolute Gasteiger partial charge is 0.261 e. The average molecular weight is 511 g/mol. The number of fused-ring (bicyclic) bond motifs is 1. The fourth-order valence-electron chi connectivity index (χ4n) is 3.47. The van der Waals surface area contributed by atoms with Crippen molar-refractivity contribution in [3.8, 4) is 5.75 Å². The zero-order valence-corrected chi connectivity index (χ0v) is 21.2. The van der Waals surface area contributed by atoms with Crippen molar-refractivity contribution >= 4 is 38.5 Å². The number of hydrogen-bond acceptors (Lipinski definition) is 3. The van der Waals surface area contributed by atoms with E-state index in [9.17, 15) is 9.59 Å². The van der Waals surface area contributed by atoms with Gasteiger partial charge in [-0.25, -0.2) is 0 Å². The summed E-state index contributed by atoms with van der Waals surface area (Å²) < 4.78 is 6.71. The van der Waals surface area contributed by atoms with Crippen LogP contribution >= 0.6 is 15.9 Å². The molecule has 174 valence electrons. The molecule has 3 aromatic rings. The molecule has 5 nitrogen and oxygen atoms in total. The Labute approximate surface area is 204 Å². The van der Waals surface area contributed by atoms with Crippen LogP contribution in [0.3, 0.4) is 0 Å². The second kappa shape index (κ2) is 11.3. The fourth-order valence-corrected chi connectivity index (χ4v) is 4.08. The molecule has 0 aliphatic rings. The van der Waals surface area contributed by atoms with Crippen LogP contribution in [0, 0.1) is 12.8 Å². The number of halogens is 1. The molecular weight excluding hydrogens is 480 g/mol. The first kappa shape index (κ1) is 24.8. The molecular formula is C27H31BrN2O3. The third-order valence-electron chi connectivity index (χ3n) is 5.50. The van der Waals surface area contributed by atoms with Crippen LogP contribution in [-0.2, 0) is 16.1 Å². The van der Waals surface area contributed by atoms with Gasteiger partial charge in [-0.05, 0) is 58.1 Å². The van der Waals surface area contributed by atoms with Crippen molar-refractivity contribution < 1.29 is 14.3 Å². The van der Waals surface area contributed by atoms with Crippen molar-refractivity contribution in [1.82, 2.24) is 10.2 Å². The Bertz CT molecular complexity index is 1110. The van der Waals surface area contributed by atoms with Gasteiger partial charge in [-0.2, -0.15) is 0 Å². The van der Waals surface area contributed by atoms with E-state index in [-0.39, 0.29) is 18.4 Å². The SMILES string of the molecule is Cc1ccc(CN(C(=O)COc2ccc3ccccc3c2Br)[C@H](C)C(=O)NCC(C)C)cc1. The highest BCUT2D eigenvalue weighted by Crippen LogP contribution is 2.33. The molecule has 0 saturated carbocycles. The maximum absolute atomic E-state index is 13.3. The van der Waals surface area contributed by atoms with Gasteiger partial charge in [-0.15, -0.1) is 0 Å². The maximum atomic E-state index is 13.3. The van der Waals surface area contributed by atoms with Crippen molar-refractivity contribution in [2.75, 3.05) is 13.2 Å². The van der Waals surface area contributed by atoms with Crippen molar-refractivity contribution in [2.45, 2.75) is 40.3 Å². The monoisotopic (exact) mass is 510 g/mol. The van der Waals surface area contributed by atoms with Gasteiger partial charge in [0.2, 0.25) is 5.91 Å². The first-order chi connectivity index (χ1) is 15.8. The minimum absolute atomic E-state index is 0.162. The van der Waals surface area contributed by atoms with Gasteiger partial charge in [0, 0.05) is 13.1 Å². The number of nitrogens with zero attached hydrogens (tertiary/aromatic N) is 1. The van der Waals surface area contributed by atoms with E-state index in [1.807, 2.05) is 81.4 Å². The van der Waals surface area contributed by atoms with E-state index < -0.39 is 6.04 Å². The standard InChI is InChI=1S/C27H31BrN2O3/c1-18(2)15-29-27(32)20(4)30(16-21-11-9-19(3)10-12-21)25(31)17-33-24-14-13-22-7-5-6-8-23(22)26(24)28/h5-14,18,20H,15-17H2,1-4H3,(H,29,32)/t20-/m1/s1. The highest BCUT2D eigenvalue weighted by Gasteiger charge is 2.26. The van der Waals surface area contributed by atoms with Crippen molar-refractivity contribution in [3.05, 3.63) is 76.3 Å². The lowest BCUT2D eigenvalue weighted by Gasteiger charge is -2.29. The lowest BCUT2D eigenvalue weighted by Crippen LogP contribution is -2.49. The number of aryl methyl sites for hydroxylation is 1. The van der Waals surface area contributed by atoms with E-state index in [0.717, 1.165) is 26.4 Å². The van der Waals surface area contributed by atoms with Gasteiger partial charge in [0.15, 0.2) is 6.61 Å². The highest BCUT2D eigenvalue weighted by molar-refractivity contribution is 9.10. The molecule has 0 heterocycles. The summed E-state index contributed by atoms with van der Waals surface area (Å²) in [4.78, 5) is 27.6. The molecule has 0 fully saturated rings. The Hall–Kier alpha value is -2.86. The van der Waals surface area contributed by atoms with Gasteiger partial charge in [0.1, 0.15) is 11.8 Å². The van der Waals surface area contributed by atoms with Crippen LogP contribution in [0.2, 0.25) is 0 Å². The number of carbonyl (C=O) groups is 2. The molecule has 1 N–H and O–H groups in total. The van der Waals surface area contributed by atoms with E-state index >= 15 is 0 Å². The normalized spacial score (nSPS) is 11.9. The summed E-state index contributed by atoms with van der Waals surface area (Å²) in [5.41, 5.74) is 2.10. The Balaban J connectivity index is 1.77. The van der Waals surface area contributed by atoms with Gasteiger partial charge in [-0.1, -0.05) is 74.0 Å². The zero-order chi connectivity index (χ0) is 24.0. The number of ether oxygens (including phenoxy) is 1. The molecule has 0 aliphatic carbocycles. The molecule has 1 atom stereocenters. The second-order valence-electron chi connectivity index (χ2n) is 8.71. The first-order valence-corrected chi connectivity index (χ1v) is 12.0. The van der Waals surface area contributed by atoms with Gasteiger partial charge >= 0.3 is 0 Å². The minimum Gasteiger partial charge on any atom is -0.483 e. The summed E-state index contributed by atoms with van der Waals surface area (Å²) in [6.45, 7) is 8.58. The van der Waals surface area contributed by atoms with Crippen LogP contribution in [0.5, 0.6) is 5.75 Å². The molecule has 0 radical (unpaired) electrons. The first-order valence-electron chi connectivity index (χ1n) is 11.2. The topological polar surface area (TPSA) is 58.6 Å². The number of carbonyl (C=O) groups excluding carboxylic acids is 2. The molecule has 0 unspecified atom stereocenters. The molecule has 2 amide bonds. The maximum Gasteiger partial charge on any atom is 0.261 e. The number of rotatable bonds is 9. The number of nitrogens with one attached hydrogen (secondary N) is 1. The Morgan fingerprint density at radius 2 is 1.70 bits per heavy atom. The van der Waals surface area contributed by atoms with Crippen molar-refractivity contribution in [3.63, 3.8) is 0 Å². The molecule has 0 saturated heterocycles. The van der Waals surface area contributed by atoms with Gasteiger partial charge < -0.3 is 15.0 Å². The summed E-state index contributed by atoms with van der Waals surface area (Å²) in [6.07, 6.45) is 0. The predicted octanol–water partition coefficient (Wildman–Crippen LogP) is 5.48. The van der Waals surface area contributed by atoms with E-state index in [1.165, 1.54) is 0 Å². The molecule has 0 aliphatic heterocycles. The van der Waals surface area contributed by atoms with Crippen LogP contribution < -0.4 is 10.1 Å². The lowest BCUT2D eigenvalue weighted by atomic mass is 10.1. The Kier molecular flexibility index (Phi) is 8.50. The summed E-state index contributed by atoms with van der Waals surface area (Å²) >= 11 is 3.60. The average Bonchev–Trinajstić information content (AvgIpc) is 2.81. The van der Waals surface area contributed by atoms with E-state index in [4.69, 9.17) is 4.74 Å². The third kappa shape index (κ3) is 6.57. The van der Waals surface area contributed by atoms with E-state index in [0.29, 0.717) is 24.8 Å². The van der Waals surface area contributed by atoms with Crippen molar-refractivity contribution in [2.24, 2.45) is 5.92 Å². The molecule has 3 rings (SSSR count). The Morgan fingerprint density at radius 1 is 1.00 bits per heavy atom. The molecule has 0 aromatic heterocycles. The lowest BCUT2D eigenvalue weighted by molar-refractivity contribution is -0.142. The quantitative estimate of drug-likeness (QED) is 0.414. The summed E-state index contributed by atoms with van der Waals surface area (Å²) in [5.74, 6) is 0.504. The van der Waals surface area contributed by atoms with Crippen LogP contribution in [0.1, 0.15) is 31.9 Å². The number of amides is 2. The molecule has 0 bridgehead atoms. The second-order valence-corrected chi connectivity index (χ2v) is 9.50. The molecule has 6 heteroatoms. The van der Waals surface area contributed by atoms with Gasteiger partial charge in [0.05, 0.1) is 4.47 Å². The largest absolute Gasteiger partial charge is 0.483 e. The van der Waals surface area contributed by atoms with Crippen LogP contribution in [0.15, 0.2) is 65.1 Å². The van der Waals surface area contributed by atoms with Gasteiger partial charge in [-0.3, -0.25) is 9.59 Å². The van der Waals surface area contributed by atoms with Crippen LogP contribution in [0.4, 0.5) is 0 Å². The van der Waals surface area contributed by atoms with Crippen LogP contribution in [-0.4, -0.2) is 35.9 Å². The van der Waals surface area contributed by atoms with E-state index in [2.05, 4.69) is 21.2 Å². The van der Waals surface area contributed by atoms with Crippen LogP contribution in [0.25, 0.3) is 10.8 Å². The number of benzene rings is 3. The molecule has 33 heavy (non-hydrogen) atoms. The summed E-state index contributed by atoms with van der Waals surface area (Å²) in [5, 5.41) is 5.03. The molecule has 3 aromatic carbocycles. The summed E-state index contributed by atoms with van der Waals surface area (Å²) in [6, 6.07) is 19.1. The van der Waals surface area contributed by atoms with Crippen molar-refractivity contribution in [1.29, 1.82) is 0 Å². The Morgan fingerprint density at radius 3 is 2.39 bits per heavy atom. The zero-order valence-electron chi connectivity index (χ0n) is 19.6. The van der Waals surface area contributed by atoms with E-state index in [1.54, 1.807) is 11.8 Å². The van der Waals surface area contributed by atoms with Gasteiger partial charge in [0.25, 0.3) is 5.91 Å². The number of hydrogen-bond donors (Lipinski definition) is 1. The predicted molar refractivity (Wildman–Crippen MR) is 136 cm³/mol. The fraction of sp³-hybridized carbons (Fsp3) is 0.333. The summed E-state index contributed by atoms with van der Waals surface area (Å²) in [7, 11) is 0. The third-order valence-corrected chi connectivity index (χ3v) is 6.32. The molecule has 0 spiro atoms.